The van der Waals surface area contributed by atoms with E-state index in [1.54, 1.807) is 0 Å². The van der Waals surface area contributed by atoms with Crippen LogP contribution in [-0.4, -0.2) is 29.7 Å². The second kappa shape index (κ2) is 5.83. The van der Waals surface area contributed by atoms with E-state index in [0.29, 0.717) is 6.54 Å². The smallest absolute Gasteiger partial charge is 0.223 e. The van der Waals surface area contributed by atoms with Crippen LogP contribution in [0.25, 0.3) is 0 Å². The highest BCUT2D eigenvalue weighted by molar-refractivity contribution is 5.78. The number of nitrogens with two attached hydrogens (primary N) is 1. The van der Waals surface area contributed by atoms with E-state index in [9.17, 15) is 9.90 Å². The lowest BCUT2D eigenvalue weighted by molar-refractivity contribution is -0.126. The molecule has 2 saturated carbocycles. The summed E-state index contributed by atoms with van der Waals surface area (Å²) >= 11 is 0. The Morgan fingerprint density at radius 2 is 1.88 bits per heavy atom. The van der Waals surface area contributed by atoms with E-state index in [1.165, 1.54) is 0 Å². The Bertz CT molecular complexity index is 262. The summed E-state index contributed by atoms with van der Waals surface area (Å²) in [5, 5.41) is 12.7. The quantitative estimate of drug-likeness (QED) is 0.682. The zero-order valence-electron chi connectivity index (χ0n) is 10.4. The Morgan fingerprint density at radius 3 is 2.47 bits per heavy atom. The van der Waals surface area contributed by atoms with E-state index in [-0.39, 0.29) is 29.9 Å². The van der Waals surface area contributed by atoms with Gasteiger partial charge >= 0.3 is 0 Å². The van der Waals surface area contributed by atoms with Gasteiger partial charge in [0.15, 0.2) is 0 Å². The van der Waals surface area contributed by atoms with Crippen molar-refractivity contribution < 1.29 is 9.90 Å². The van der Waals surface area contributed by atoms with Gasteiger partial charge < -0.3 is 16.2 Å². The predicted molar refractivity (Wildman–Crippen MR) is 66.3 cm³/mol. The number of rotatable bonds is 3. The molecule has 0 heterocycles. The third-order valence-corrected chi connectivity index (χ3v) is 4.30. The van der Waals surface area contributed by atoms with Gasteiger partial charge in [0.25, 0.3) is 0 Å². The first-order valence-electron chi connectivity index (χ1n) is 6.88. The summed E-state index contributed by atoms with van der Waals surface area (Å²) in [7, 11) is 0. The zero-order chi connectivity index (χ0) is 12.3. The second-order valence-electron chi connectivity index (χ2n) is 5.62. The molecule has 17 heavy (non-hydrogen) atoms. The van der Waals surface area contributed by atoms with Crippen molar-refractivity contribution in [2.24, 2.45) is 17.6 Å². The largest absolute Gasteiger partial charge is 0.393 e. The van der Waals surface area contributed by atoms with Gasteiger partial charge in [0.1, 0.15) is 0 Å². The molecule has 0 aromatic carbocycles. The van der Waals surface area contributed by atoms with Crippen molar-refractivity contribution in [1.29, 1.82) is 0 Å². The van der Waals surface area contributed by atoms with E-state index in [1.807, 2.05) is 0 Å². The molecule has 0 radical (unpaired) electrons. The first kappa shape index (κ1) is 12.8. The highest BCUT2D eigenvalue weighted by atomic mass is 16.3. The molecule has 2 unspecified atom stereocenters. The van der Waals surface area contributed by atoms with E-state index in [4.69, 9.17) is 5.73 Å². The molecule has 2 atom stereocenters. The fraction of sp³-hybridized carbons (Fsp3) is 0.923. The van der Waals surface area contributed by atoms with Crippen molar-refractivity contribution in [2.75, 3.05) is 6.54 Å². The molecule has 0 aromatic heterocycles. The van der Waals surface area contributed by atoms with Gasteiger partial charge in [-0.1, -0.05) is 6.42 Å². The number of hydrogen-bond donors (Lipinski definition) is 3. The highest BCUT2D eigenvalue weighted by Gasteiger charge is 2.28. The molecular weight excluding hydrogens is 216 g/mol. The molecule has 4 nitrogen and oxygen atoms in total. The van der Waals surface area contributed by atoms with Crippen LogP contribution in [0.2, 0.25) is 0 Å². The van der Waals surface area contributed by atoms with Crippen LogP contribution < -0.4 is 11.1 Å². The molecule has 0 spiro atoms. The summed E-state index contributed by atoms with van der Waals surface area (Å²) in [6, 6.07) is 0.288. The van der Waals surface area contributed by atoms with Gasteiger partial charge in [-0.25, -0.2) is 0 Å². The molecule has 2 fully saturated rings. The Kier molecular flexibility index (Phi) is 4.40. The van der Waals surface area contributed by atoms with E-state index in [0.717, 1.165) is 44.9 Å². The lowest BCUT2D eigenvalue weighted by atomic mass is 9.86. The summed E-state index contributed by atoms with van der Waals surface area (Å²) in [4.78, 5) is 11.9. The van der Waals surface area contributed by atoms with Crippen LogP contribution in [0.5, 0.6) is 0 Å². The number of amides is 1. The van der Waals surface area contributed by atoms with Gasteiger partial charge in [0, 0.05) is 24.4 Å². The zero-order valence-corrected chi connectivity index (χ0v) is 10.4. The molecule has 4 heteroatoms. The lowest BCUT2D eigenvalue weighted by Crippen LogP contribution is -2.39. The van der Waals surface area contributed by atoms with Gasteiger partial charge in [-0.3, -0.25) is 4.79 Å². The summed E-state index contributed by atoms with van der Waals surface area (Å²) in [5.74, 6) is 0.578. The first-order valence-corrected chi connectivity index (χ1v) is 6.88. The average Bonchev–Trinajstić information content (AvgIpc) is 2.73. The second-order valence-corrected chi connectivity index (χ2v) is 5.62. The average molecular weight is 240 g/mol. The molecule has 4 N–H and O–H groups in total. The SMILES string of the molecule is NC1CCC(C(=O)NCC2CCCC2O)CC1. The summed E-state index contributed by atoms with van der Waals surface area (Å²) < 4.78 is 0. The number of carbonyl (C=O) groups is 1. The standard InChI is InChI=1S/C13H24N2O2/c14-11-6-4-9(5-7-11)13(17)15-8-10-2-1-3-12(10)16/h9-12,16H,1-8,14H2,(H,15,17). The van der Waals surface area contributed by atoms with Gasteiger partial charge in [-0.05, 0) is 38.5 Å². The molecule has 0 saturated heterocycles. The monoisotopic (exact) mass is 240 g/mol. The highest BCUT2D eigenvalue weighted by Crippen LogP contribution is 2.26. The van der Waals surface area contributed by atoms with Crippen molar-refractivity contribution in [2.45, 2.75) is 57.1 Å². The molecule has 2 aliphatic carbocycles. The maximum absolute atomic E-state index is 11.9. The van der Waals surface area contributed by atoms with Gasteiger partial charge in [0.2, 0.25) is 5.91 Å². The van der Waals surface area contributed by atoms with Crippen LogP contribution in [0.1, 0.15) is 44.9 Å². The van der Waals surface area contributed by atoms with E-state index < -0.39 is 0 Å². The number of carbonyl (C=O) groups excluding carboxylic acids is 1. The van der Waals surface area contributed by atoms with Crippen LogP contribution >= 0.6 is 0 Å². The van der Waals surface area contributed by atoms with Crippen molar-refractivity contribution >= 4 is 5.91 Å². The number of nitrogens with one attached hydrogen (secondary N) is 1. The molecule has 0 bridgehead atoms. The maximum Gasteiger partial charge on any atom is 0.223 e. The Labute approximate surface area is 103 Å². The predicted octanol–water partition coefficient (Wildman–Crippen LogP) is 0.781. The fourth-order valence-electron chi connectivity index (χ4n) is 3.01. The van der Waals surface area contributed by atoms with Gasteiger partial charge in [0.05, 0.1) is 6.10 Å². The minimum atomic E-state index is -0.213. The van der Waals surface area contributed by atoms with E-state index >= 15 is 0 Å². The van der Waals surface area contributed by atoms with Gasteiger partial charge in [-0.2, -0.15) is 0 Å². The van der Waals surface area contributed by atoms with Gasteiger partial charge in [-0.15, -0.1) is 0 Å². The van der Waals surface area contributed by atoms with Crippen LogP contribution in [-0.2, 0) is 4.79 Å². The Morgan fingerprint density at radius 1 is 1.18 bits per heavy atom. The Hall–Kier alpha value is -0.610. The molecule has 98 valence electrons. The first-order chi connectivity index (χ1) is 8.16. The minimum absolute atomic E-state index is 0.147. The van der Waals surface area contributed by atoms with E-state index in [2.05, 4.69) is 5.32 Å². The number of aliphatic hydroxyl groups excluding tert-OH is 1. The molecule has 0 aliphatic heterocycles. The van der Waals surface area contributed by atoms with Crippen LogP contribution in [0.3, 0.4) is 0 Å². The fourth-order valence-corrected chi connectivity index (χ4v) is 3.01. The lowest BCUT2D eigenvalue weighted by Gasteiger charge is -2.26. The molecular formula is C13H24N2O2. The molecule has 1 amide bonds. The normalized spacial score (nSPS) is 38.0. The Balaban J connectivity index is 1.70. The molecule has 0 aromatic rings. The molecule has 2 rings (SSSR count). The number of aliphatic hydroxyl groups is 1. The minimum Gasteiger partial charge on any atom is -0.393 e. The topological polar surface area (TPSA) is 75.4 Å². The molecule has 2 aliphatic rings. The van der Waals surface area contributed by atoms with Crippen LogP contribution in [0.4, 0.5) is 0 Å². The van der Waals surface area contributed by atoms with Crippen molar-refractivity contribution in [1.82, 2.24) is 5.32 Å². The van der Waals surface area contributed by atoms with Crippen LogP contribution in [0.15, 0.2) is 0 Å². The maximum atomic E-state index is 11.9. The van der Waals surface area contributed by atoms with Crippen LogP contribution in [0, 0.1) is 11.8 Å². The summed E-state index contributed by atoms with van der Waals surface area (Å²) in [6.07, 6.45) is 6.56. The summed E-state index contributed by atoms with van der Waals surface area (Å²) in [5.41, 5.74) is 5.82. The third kappa shape index (κ3) is 3.42. The van der Waals surface area contributed by atoms with Crippen molar-refractivity contribution in [3.8, 4) is 0 Å². The summed E-state index contributed by atoms with van der Waals surface area (Å²) in [6.45, 7) is 0.641. The number of hydrogen-bond acceptors (Lipinski definition) is 3. The third-order valence-electron chi connectivity index (χ3n) is 4.30. The van der Waals surface area contributed by atoms with Crippen molar-refractivity contribution in [3.63, 3.8) is 0 Å². The van der Waals surface area contributed by atoms with Crippen molar-refractivity contribution in [3.05, 3.63) is 0 Å².